The van der Waals surface area contributed by atoms with Gasteiger partial charge in [0.1, 0.15) is 11.7 Å². The highest BCUT2D eigenvalue weighted by atomic mass is 16.4. The van der Waals surface area contributed by atoms with Crippen molar-refractivity contribution in [3.63, 3.8) is 0 Å². The fraction of sp³-hybridized carbons (Fsp3) is 0.364. The third kappa shape index (κ3) is 2.93. The molecule has 1 amide bonds. The molecule has 0 radical (unpaired) electrons. The van der Waals surface area contributed by atoms with Crippen LogP contribution in [-0.4, -0.2) is 33.4 Å². The summed E-state index contributed by atoms with van der Waals surface area (Å²) >= 11 is 0. The summed E-state index contributed by atoms with van der Waals surface area (Å²) in [6.45, 7) is 2.77. The highest BCUT2D eigenvalue weighted by molar-refractivity contribution is 6.00. The summed E-state index contributed by atoms with van der Waals surface area (Å²) < 4.78 is 1.49. The molecule has 6 heteroatoms. The van der Waals surface area contributed by atoms with Gasteiger partial charge < -0.3 is 15.0 Å². The fourth-order valence-corrected chi connectivity index (χ4v) is 1.32. The lowest BCUT2D eigenvalue weighted by Gasteiger charge is -2.09. The third-order valence-electron chi connectivity index (χ3n) is 2.36. The van der Waals surface area contributed by atoms with Crippen LogP contribution in [0, 0.1) is 0 Å². The number of aryl methyl sites for hydroxylation is 1. The van der Waals surface area contributed by atoms with Gasteiger partial charge in [-0.05, 0) is 19.9 Å². The molecule has 2 N–H and O–H groups in total. The van der Waals surface area contributed by atoms with Crippen LogP contribution in [0.1, 0.15) is 34.7 Å². The topological polar surface area (TPSA) is 88.4 Å². The number of ketones is 1. The minimum absolute atomic E-state index is 0.147. The van der Waals surface area contributed by atoms with Crippen molar-refractivity contribution in [2.24, 2.45) is 7.05 Å². The predicted molar refractivity (Wildman–Crippen MR) is 60.0 cm³/mol. The minimum atomic E-state index is -1.11. The van der Waals surface area contributed by atoms with Gasteiger partial charge in [0.25, 0.3) is 5.91 Å². The Kier molecular flexibility index (Phi) is 3.67. The summed E-state index contributed by atoms with van der Waals surface area (Å²) in [5, 5.41) is 11.0. The van der Waals surface area contributed by atoms with E-state index in [1.807, 2.05) is 0 Å². The molecule has 0 unspecified atom stereocenters. The highest BCUT2D eigenvalue weighted by Gasteiger charge is 2.18. The average molecular weight is 238 g/mol. The number of nitrogens with zero attached hydrogens (tertiary/aromatic N) is 1. The van der Waals surface area contributed by atoms with Crippen LogP contribution < -0.4 is 5.32 Å². The number of amides is 1. The lowest BCUT2D eigenvalue weighted by Crippen LogP contribution is -2.39. The Morgan fingerprint density at radius 2 is 2.00 bits per heavy atom. The zero-order valence-electron chi connectivity index (χ0n) is 9.85. The van der Waals surface area contributed by atoms with E-state index in [1.165, 1.54) is 30.7 Å². The van der Waals surface area contributed by atoms with E-state index in [4.69, 9.17) is 5.11 Å². The molecule has 1 aromatic rings. The van der Waals surface area contributed by atoms with Gasteiger partial charge in [0.15, 0.2) is 5.78 Å². The smallest absolute Gasteiger partial charge is 0.325 e. The molecule has 1 heterocycles. The van der Waals surface area contributed by atoms with Crippen molar-refractivity contribution in [2.75, 3.05) is 0 Å². The van der Waals surface area contributed by atoms with Crippen LogP contribution in [0.4, 0.5) is 0 Å². The molecule has 0 saturated carbocycles. The molecule has 0 saturated heterocycles. The second-order valence-electron chi connectivity index (χ2n) is 3.81. The lowest BCUT2D eigenvalue weighted by atomic mass is 10.2. The van der Waals surface area contributed by atoms with E-state index in [0.29, 0.717) is 5.56 Å². The summed E-state index contributed by atoms with van der Waals surface area (Å²) in [6.07, 6.45) is 1.53. The number of aliphatic carboxylic acids is 1. The number of aromatic nitrogens is 1. The third-order valence-corrected chi connectivity index (χ3v) is 2.36. The first-order valence-corrected chi connectivity index (χ1v) is 5.04. The van der Waals surface area contributed by atoms with E-state index in [0.717, 1.165) is 0 Å². The average Bonchev–Trinajstić information content (AvgIpc) is 2.60. The number of hydrogen-bond acceptors (Lipinski definition) is 3. The second kappa shape index (κ2) is 4.82. The summed E-state index contributed by atoms with van der Waals surface area (Å²) in [5.41, 5.74) is 0.670. The normalized spacial score (nSPS) is 11.9. The Morgan fingerprint density at radius 3 is 2.41 bits per heavy atom. The van der Waals surface area contributed by atoms with Crippen molar-refractivity contribution in [3.05, 3.63) is 23.5 Å². The minimum Gasteiger partial charge on any atom is -0.480 e. The van der Waals surface area contributed by atoms with Crippen molar-refractivity contribution in [1.29, 1.82) is 0 Å². The van der Waals surface area contributed by atoms with Gasteiger partial charge in [0, 0.05) is 18.8 Å². The molecule has 0 aliphatic rings. The quantitative estimate of drug-likeness (QED) is 0.744. The molecule has 92 valence electrons. The molecule has 0 aliphatic carbocycles. The number of rotatable bonds is 4. The van der Waals surface area contributed by atoms with Crippen molar-refractivity contribution in [2.45, 2.75) is 19.9 Å². The van der Waals surface area contributed by atoms with Gasteiger partial charge in [-0.25, -0.2) is 0 Å². The molecular formula is C11H14N2O4. The molecular weight excluding hydrogens is 224 g/mol. The molecule has 0 spiro atoms. The van der Waals surface area contributed by atoms with E-state index in [2.05, 4.69) is 5.32 Å². The first-order chi connectivity index (χ1) is 7.82. The number of hydrogen-bond donors (Lipinski definition) is 2. The standard InChI is InChI=1S/C11H14N2O4/c1-6(11(16)17)12-10(15)9-4-8(7(2)14)5-13(9)3/h4-6H,1-3H3,(H,12,15)(H,16,17)/t6-/m0/s1. The van der Waals surface area contributed by atoms with Crippen LogP contribution in [0.15, 0.2) is 12.3 Å². The van der Waals surface area contributed by atoms with Crippen LogP contribution in [0.3, 0.4) is 0 Å². The van der Waals surface area contributed by atoms with Crippen LogP contribution >= 0.6 is 0 Å². The molecule has 0 aliphatic heterocycles. The van der Waals surface area contributed by atoms with Crippen LogP contribution in [-0.2, 0) is 11.8 Å². The van der Waals surface area contributed by atoms with E-state index in [1.54, 1.807) is 7.05 Å². The van der Waals surface area contributed by atoms with Gasteiger partial charge in [-0.1, -0.05) is 0 Å². The Balaban J connectivity index is 2.89. The molecule has 0 aromatic carbocycles. The first kappa shape index (κ1) is 13.0. The second-order valence-corrected chi connectivity index (χ2v) is 3.81. The Morgan fingerprint density at radius 1 is 1.41 bits per heavy atom. The Labute approximate surface area is 98.2 Å². The molecule has 1 atom stereocenters. The van der Waals surface area contributed by atoms with Gasteiger partial charge in [-0.3, -0.25) is 14.4 Å². The summed E-state index contributed by atoms with van der Waals surface area (Å²) in [7, 11) is 1.62. The van der Waals surface area contributed by atoms with E-state index < -0.39 is 17.9 Å². The molecule has 1 aromatic heterocycles. The zero-order chi connectivity index (χ0) is 13.2. The number of carboxylic acids is 1. The maximum atomic E-state index is 11.7. The Bertz CT molecular complexity index is 476. The zero-order valence-corrected chi connectivity index (χ0v) is 9.85. The Hall–Kier alpha value is -2.11. The summed E-state index contributed by atoms with van der Waals surface area (Å²) in [6, 6.07) is 0.463. The summed E-state index contributed by atoms with van der Waals surface area (Å²) in [4.78, 5) is 33.4. The van der Waals surface area contributed by atoms with Gasteiger partial charge >= 0.3 is 5.97 Å². The van der Waals surface area contributed by atoms with Crippen LogP contribution in [0.2, 0.25) is 0 Å². The number of Topliss-reactive ketones (excluding diaryl/α,β-unsaturated/α-hetero) is 1. The molecule has 6 nitrogen and oxygen atoms in total. The van der Waals surface area contributed by atoms with Gasteiger partial charge in [-0.2, -0.15) is 0 Å². The van der Waals surface area contributed by atoms with E-state index in [9.17, 15) is 14.4 Å². The van der Waals surface area contributed by atoms with Crippen molar-refractivity contribution in [3.8, 4) is 0 Å². The van der Waals surface area contributed by atoms with E-state index in [-0.39, 0.29) is 11.5 Å². The number of carbonyl (C=O) groups excluding carboxylic acids is 2. The van der Waals surface area contributed by atoms with Crippen molar-refractivity contribution >= 4 is 17.7 Å². The predicted octanol–water partition coefficient (Wildman–Crippen LogP) is 0.431. The van der Waals surface area contributed by atoms with E-state index >= 15 is 0 Å². The monoisotopic (exact) mass is 238 g/mol. The number of carbonyl (C=O) groups is 3. The number of carboxylic acid groups (broad SMARTS) is 1. The lowest BCUT2D eigenvalue weighted by molar-refractivity contribution is -0.138. The van der Waals surface area contributed by atoms with Crippen molar-refractivity contribution in [1.82, 2.24) is 9.88 Å². The largest absolute Gasteiger partial charge is 0.480 e. The molecule has 0 fully saturated rings. The van der Waals surface area contributed by atoms with Gasteiger partial charge in [0.2, 0.25) is 0 Å². The van der Waals surface area contributed by atoms with Gasteiger partial charge in [0.05, 0.1) is 0 Å². The molecule has 0 bridgehead atoms. The van der Waals surface area contributed by atoms with Crippen LogP contribution in [0.5, 0.6) is 0 Å². The number of nitrogens with one attached hydrogen (secondary N) is 1. The highest BCUT2D eigenvalue weighted by Crippen LogP contribution is 2.08. The first-order valence-electron chi connectivity index (χ1n) is 5.04. The van der Waals surface area contributed by atoms with Crippen LogP contribution in [0.25, 0.3) is 0 Å². The molecule has 17 heavy (non-hydrogen) atoms. The van der Waals surface area contributed by atoms with Gasteiger partial charge in [-0.15, -0.1) is 0 Å². The van der Waals surface area contributed by atoms with Crippen molar-refractivity contribution < 1.29 is 19.5 Å². The fourth-order valence-electron chi connectivity index (χ4n) is 1.32. The SMILES string of the molecule is CC(=O)c1cc(C(=O)N[C@@H](C)C(=O)O)n(C)c1. The maximum Gasteiger partial charge on any atom is 0.325 e. The molecule has 1 rings (SSSR count). The maximum absolute atomic E-state index is 11.7. The summed E-state index contributed by atoms with van der Waals surface area (Å²) in [5.74, 6) is -1.78.